The Balaban J connectivity index is 0.000000197. The summed E-state index contributed by atoms with van der Waals surface area (Å²) in [5.74, 6) is 0. The van der Waals surface area contributed by atoms with Gasteiger partial charge in [0.1, 0.15) is 0 Å². The molecule has 3 rings (SSSR count). The van der Waals surface area contributed by atoms with E-state index in [0.717, 1.165) is 31.7 Å². The van der Waals surface area contributed by atoms with Gasteiger partial charge in [0, 0.05) is 24.5 Å². The van der Waals surface area contributed by atoms with Crippen LogP contribution in [-0.2, 0) is 11.2 Å². The summed E-state index contributed by atoms with van der Waals surface area (Å²) in [5.41, 5.74) is 9.82. The molecule has 1 aliphatic rings. The average Bonchev–Trinajstić information content (AvgIpc) is 2.68. The Labute approximate surface area is 157 Å². The second kappa shape index (κ2) is 10.5. The molecule has 1 heterocycles. The van der Waals surface area contributed by atoms with Crippen LogP contribution in [0.1, 0.15) is 25.0 Å². The SMILES string of the molecule is C=C(N)/C=C/c1ccccc1.CCc1cccc(N2CCOC(C)C2)c1. The summed E-state index contributed by atoms with van der Waals surface area (Å²) < 4.78 is 5.54. The lowest BCUT2D eigenvalue weighted by Gasteiger charge is -2.33. The van der Waals surface area contributed by atoms with Crippen molar-refractivity contribution in [3.05, 3.63) is 84.1 Å². The van der Waals surface area contributed by atoms with Crippen LogP contribution in [0, 0.1) is 0 Å². The zero-order valence-electron chi connectivity index (χ0n) is 15.9. The van der Waals surface area contributed by atoms with E-state index in [2.05, 4.69) is 49.6 Å². The van der Waals surface area contributed by atoms with E-state index in [4.69, 9.17) is 10.5 Å². The van der Waals surface area contributed by atoms with E-state index >= 15 is 0 Å². The highest BCUT2D eigenvalue weighted by molar-refractivity contribution is 5.51. The molecule has 1 saturated heterocycles. The largest absolute Gasteiger partial charge is 0.399 e. The van der Waals surface area contributed by atoms with Crippen molar-refractivity contribution in [3.8, 4) is 0 Å². The van der Waals surface area contributed by atoms with Crippen molar-refractivity contribution in [3.63, 3.8) is 0 Å². The summed E-state index contributed by atoms with van der Waals surface area (Å²) in [5, 5.41) is 0. The predicted octanol–water partition coefficient (Wildman–Crippen LogP) is 4.65. The van der Waals surface area contributed by atoms with Crippen LogP contribution in [0.15, 0.2) is 72.9 Å². The molecule has 26 heavy (non-hydrogen) atoms. The van der Waals surface area contributed by atoms with Crippen molar-refractivity contribution in [2.75, 3.05) is 24.6 Å². The number of hydrogen-bond acceptors (Lipinski definition) is 3. The number of ether oxygens (including phenoxy) is 1. The zero-order valence-corrected chi connectivity index (χ0v) is 15.9. The summed E-state index contributed by atoms with van der Waals surface area (Å²) in [6.07, 6.45) is 5.18. The number of benzene rings is 2. The van der Waals surface area contributed by atoms with E-state index in [9.17, 15) is 0 Å². The summed E-state index contributed by atoms with van der Waals surface area (Å²) in [7, 11) is 0. The molecule has 0 saturated carbocycles. The number of rotatable bonds is 4. The first kappa shape index (κ1) is 19.8. The Morgan fingerprint density at radius 3 is 2.65 bits per heavy atom. The molecule has 1 atom stereocenters. The lowest BCUT2D eigenvalue weighted by molar-refractivity contribution is 0.0532. The van der Waals surface area contributed by atoms with Crippen LogP contribution in [0.3, 0.4) is 0 Å². The van der Waals surface area contributed by atoms with E-state index < -0.39 is 0 Å². The highest BCUT2D eigenvalue weighted by atomic mass is 16.5. The highest BCUT2D eigenvalue weighted by Crippen LogP contribution is 2.19. The van der Waals surface area contributed by atoms with Crippen LogP contribution in [0.5, 0.6) is 0 Å². The third kappa shape index (κ3) is 6.77. The van der Waals surface area contributed by atoms with E-state index in [-0.39, 0.29) is 0 Å². The molecule has 3 heteroatoms. The molecule has 2 N–H and O–H groups in total. The van der Waals surface area contributed by atoms with E-state index in [1.54, 1.807) is 6.08 Å². The van der Waals surface area contributed by atoms with Crippen LogP contribution in [-0.4, -0.2) is 25.8 Å². The molecule has 1 aliphatic heterocycles. The first-order chi connectivity index (χ1) is 12.6. The Morgan fingerprint density at radius 2 is 2.00 bits per heavy atom. The van der Waals surface area contributed by atoms with Gasteiger partial charge >= 0.3 is 0 Å². The molecule has 2 aromatic rings. The topological polar surface area (TPSA) is 38.5 Å². The number of morpholine rings is 1. The molecule has 138 valence electrons. The smallest absolute Gasteiger partial charge is 0.0722 e. The van der Waals surface area contributed by atoms with Crippen LogP contribution in [0.4, 0.5) is 5.69 Å². The fraction of sp³-hybridized carbons (Fsp3) is 0.304. The van der Waals surface area contributed by atoms with Gasteiger partial charge in [-0.05, 0) is 42.7 Å². The number of aryl methyl sites for hydroxylation is 1. The van der Waals surface area contributed by atoms with E-state index in [1.807, 2.05) is 36.4 Å². The first-order valence-corrected chi connectivity index (χ1v) is 9.21. The number of allylic oxidation sites excluding steroid dienone is 1. The first-order valence-electron chi connectivity index (χ1n) is 9.21. The molecular formula is C23H30N2O. The Kier molecular flexibility index (Phi) is 7.97. The van der Waals surface area contributed by atoms with Crippen LogP contribution >= 0.6 is 0 Å². The van der Waals surface area contributed by atoms with E-state index in [0.29, 0.717) is 11.8 Å². The zero-order chi connectivity index (χ0) is 18.8. The second-order valence-electron chi connectivity index (χ2n) is 6.47. The van der Waals surface area contributed by atoms with Crippen LogP contribution < -0.4 is 10.6 Å². The second-order valence-corrected chi connectivity index (χ2v) is 6.47. The lowest BCUT2D eigenvalue weighted by atomic mass is 10.1. The van der Waals surface area contributed by atoms with Gasteiger partial charge in [0.2, 0.25) is 0 Å². The maximum atomic E-state index is 5.54. The van der Waals surface area contributed by atoms with Crippen LogP contribution in [0.2, 0.25) is 0 Å². The third-order valence-electron chi connectivity index (χ3n) is 4.21. The van der Waals surface area contributed by atoms with Crippen molar-refractivity contribution < 1.29 is 4.74 Å². The minimum atomic E-state index is 0.351. The van der Waals surface area contributed by atoms with Gasteiger partial charge in [0.15, 0.2) is 0 Å². The van der Waals surface area contributed by atoms with Gasteiger partial charge in [0.25, 0.3) is 0 Å². The van der Waals surface area contributed by atoms with Gasteiger partial charge in [0.05, 0.1) is 12.7 Å². The molecule has 0 amide bonds. The minimum Gasteiger partial charge on any atom is -0.399 e. The van der Waals surface area contributed by atoms with Gasteiger partial charge in [-0.2, -0.15) is 0 Å². The van der Waals surface area contributed by atoms with Gasteiger partial charge in [-0.25, -0.2) is 0 Å². The van der Waals surface area contributed by atoms with Crippen LogP contribution in [0.25, 0.3) is 6.08 Å². The summed E-state index contributed by atoms with van der Waals surface area (Å²) >= 11 is 0. The number of hydrogen-bond donors (Lipinski definition) is 1. The maximum Gasteiger partial charge on any atom is 0.0722 e. The molecule has 0 radical (unpaired) electrons. The van der Waals surface area contributed by atoms with Crippen molar-refractivity contribution in [1.29, 1.82) is 0 Å². The Hall–Kier alpha value is -2.52. The fourth-order valence-electron chi connectivity index (χ4n) is 2.79. The summed E-state index contributed by atoms with van der Waals surface area (Å²) in [6.45, 7) is 10.8. The molecule has 1 unspecified atom stereocenters. The summed E-state index contributed by atoms with van der Waals surface area (Å²) in [4.78, 5) is 2.41. The Morgan fingerprint density at radius 1 is 1.23 bits per heavy atom. The molecule has 2 aromatic carbocycles. The molecule has 0 spiro atoms. The number of anilines is 1. The average molecular weight is 351 g/mol. The van der Waals surface area contributed by atoms with Gasteiger partial charge in [-0.1, -0.05) is 62.0 Å². The van der Waals surface area contributed by atoms with Gasteiger partial charge < -0.3 is 15.4 Å². The number of nitrogens with zero attached hydrogens (tertiary/aromatic N) is 1. The molecule has 0 bridgehead atoms. The van der Waals surface area contributed by atoms with E-state index in [1.165, 1.54) is 11.3 Å². The monoisotopic (exact) mass is 350 g/mol. The number of nitrogens with two attached hydrogens (primary N) is 1. The third-order valence-corrected chi connectivity index (χ3v) is 4.21. The van der Waals surface area contributed by atoms with Crippen molar-refractivity contribution in [2.24, 2.45) is 5.73 Å². The van der Waals surface area contributed by atoms with Gasteiger partial charge in [-0.15, -0.1) is 0 Å². The highest BCUT2D eigenvalue weighted by Gasteiger charge is 2.16. The van der Waals surface area contributed by atoms with Gasteiger partial charge in [-0.3, -0.25) is 0 Å². The molecule has 0 aliphatic carbocycles. The standard InChI is InChI=1S/C13H19NO.C10H11N/c1-3-12-5-4-6-13(9-12)14-7-8-15-11(2)10-14;1-9(11)7-8-10-5-3-2-4-6-10/h4-6,9,11H,3,7-8,10H2,1-2H3;2-8H,1,11H2/b;8-7+. The molecule has 1 fully saturated rings. The van der Waals surface area contributed by atoms with Crippen molar-refractivity contribution in [2.45, 2.75) is 26.4 Å². The Bertz CT molecular complexity index is 709. The molecule has 0 aromatic heterocycles. The molecular weight excluding hydrogens is 320 g/mol. The van der Waals surface area contributed by atoms with Crippen molar-refractivity contribution >= 4 is 11.8 Å². The molecule has 3 nitrogen and oxygen atoms in total. The quantitative estimate of drug-likeness (QED) is 0.816. The summed E-state index contributed by atoms with van der Waals surface area (Å²) in [6, 6.07) is 18.8. The predicted molar refractivity (Wildman–Crippen MR) is 112 cm³/mol. The minimum absolute atomic E-state index is 0.351. The normalized spacial score (nSPS) is 16.8. The van der Waals surface area contributed by atoms with Crippen molar-refractivity contribution in [1.82, 2.24) is 0 Å². The lowest BCUT2D eigenvalue weighted by Crippen LogP contribution is -2.41. The fourth-order valence-corrected chi connectivity index (χ4v) is 2.79. The maximum absolute atomic E-state index is 5.54.